The van der Waals surface area contributed by atoms with Crippen LogP contribution in [0.15, 0.2) is 24.3 Å². The summed E-state index contributed by atoms with van der Waals surface area (Å²) >= 11 is 0. The molecular formula is C16H19NO7S. The Balaban J connectivity index is 1.76. The van der Waals surface area contributed by atoms with E-state index in [1.807, 2.05) is 0 Å². The molecule has 0 bridgehead atoms. The van der Waals surface area contributed by atoms with Crippen LogP contribution in [0.3, 0.4) is 0 Å². The van der Waals surface area contributed by atoms with E-state index in [4.69, 9.17) is 9.47 Å². The predicted molar refractivity (Wildman–Crippen MR) is 88.1 cm³/mol. The minimum absolute atomic E-state index is 0.0214. The van der Waals surface area contributed by atoms with Gasteiger partial charge < -0.3 is 14.8 Å². The summed E-state index contributed by atoms with van der Waals surface area (Å²) in [5.41, 5.74) is -0.551. The molecule has 136 valence electrons. The van der Waals surface area contributed by atoms with Gasteiger partial charge in [0.1, 0.15) is 5.75 Å². The fourth-order valence-corrected chi connectivity index (χ4v) is 4.61. The summed E-state index contributed by atoms with van der Waals surface area (Å²) in [6.45, 7) is 0.647. The fraction of sp³-hybridized carbons (Fsp3) is 0.438. The molecule has 0 saturated carbocycles. The van der Waals surface area contributed by atoms with Crippen molar-refractivity contribution in [3.63, 3.8) is 0 Å². The van der Waals surface area contributed by atoms with Crippen LogP contribution >= 0.6 is 0 Å². The Morgan fingerprint density at radius 2 is 2.00 bits per heavy atom. The number of sulfone groups is 1. The van der Waals surface area contributed by atoms with Crippen LogP contribution in [0.5, 0.6) is 5.75 Å². The van der Waals surface area contributed by atoms with Crippen molar-refractivity contribution >= 4 is 28.0 Å². The van der Waals surface area contributed by atoms with Crippen molar-refractivity contribution in [3.8, 4) is 5.75 Å². The first-order chi connectivity index (χ1) is 11.7. The monoisotopic (exact) mass is 369 g/mol. The fourth-order valence-electron chi connectivity index (χ4n) is 2.52. The SMILES string of the molecule is C[C@@]1(NC(=O)COC(=O)COc2ccccc2C=O)CCS(=O)(=O)C1. The van der Waals surface area contributed by atoms with Gasteiger partial charge >= 0.3 is 5.97 Å². The number of carbonyl (C=O) groups excluding carboxylic acids is 3. The van der Waals surface area contributed by atoms with Gasteiger partial charge in [-0.3, -0.25) is 9.59 Å². The maximum Gasteiger partial charge on any atom is 0.344 e. The average Bonchev–Trinajstić information content (AvgIpc) is 2.84. The number of hydrogen-bond acceptors (Lipinski definition) is 7. The Labute approximate surface area is 145 Å². The van der Waals surface area contributed by atoms with Gasteiger partial charge in [-0.2, -0.15) is 0 Å². The number of rotatable bonds is 7. The third-order valence-corrected chi connectivity index (χ3v) is 5.60. The zero-order valence-electron chi connectivity index (χ0n) is 13.7. The number of nitrogens with one attached hydrogen (secondary N) is 1. The molecule has 1 fully saturated rings. The van der Waals surface area contributed by atoms with Crippen molar-refractivity contribution < 1.29 is 32.3 Å². The lowest BCUT2D eigenvalue weighted by Crippen LogP contribution is -2.48. The van der Waals surface area contributed by atoms with Crippen molar-refractivity contribution in [3.05, 3.63) is 29.8 Å². The van der Waals surface area contributed by atoms with Gasteiger partial charge in [-0.15, -0.1) is 0 Å². The largest absolute Gasteiger partial charge is 0.481 e. The molecule has 0 spiro atoms. The second-order valence-corrected chi connectivity index (χ2v) is 8.24. The second kappa shape index (κ2) is 7.64. The zero-order valence-corrected chi connectivity index (χ0v) is 14.5. The summed E-state index contributed by atoms with van der Waals surface area (Å²) in [5, 5.41) is 2.58. The molecule has 0 radical (unpaired) electrons. The molecule has 1 N–H and O–H groups in total. The summed E-state index contributed by atoms with van der Waals surface area (Å²) < 4.78 is 33.0. The standard InChI is InChI=1S/C16H19NO7S/c1-16(6-7-25(21,22)11-16)17-14(19)9-24-15(20)10-23-13-5-3-2-4-12(13)8-18/h2-5,8H,6-7,9-11H2,1H3,(H,17,19)/t16-/m1/s1. The summed E-state index contributed by atoms with van der Waals surface area (Å²) in [6, 6.07) is 6.38. The average molecular weight is 369 g/mol. The van der Waals surface area contributed by atoms with E-state index in [0.29, 0.717) is 18.3 Å². The number of para-hydroxylation sites is 1. The molecule has 1 atom stereocenters. The van der Waals surface area contributed by atoms with Gasteiger partial charge in [0.15, 0.2) is 29.3 Å². The number of hydrogen-bond donors (Lipinski definition) is 1. The van der Waals surface area contributed by atoms with E-state index in [9.17, 15) is 22.8 Å². The van der Waals surface area contributed by atoms with Crippen LogP contribution in [-0.4, -0.2) is 56.8 Å². The highest BCUT2D eigenvalue weighted by molar-refractivity contribution is 7.91. The van der Waals surface area contributed by atoms with Gasteiger partial charge in [0.05, 0.1) is 22.6 Å². The first kappa shape index (κ1) is 18.9. The lowest BCUT2D eigenvalue weighted by Gasteiger charge is -2.23. The van der Waals surface area contributed by atoms with Crippen LogP contribution in [0.4, 0.5) is 0 Å². The minimum Gasteiger partial charge on any atom is -0.481 e. The highest BCUT2D eigenvalue weighted by Crippen LogP contribution is 2.22. The summed E-state index contributed by atoms with van der Waals surface area (Å²) in [7, 11) is -3.15. The van der Waals surface area contributed by atoms with Crippen LogP contribution < -0.4 is 10.1 Å². The van der Waals surface area contributed by atoms with Gasteiger partial charge in [-0.1, -0.05) is 12.1 Å². The Morgan fingerprint density at radius 3 is 2.64 bits per heavy atom. The zero-order chi connectivity index (χ0) is 18.5. The normalized spacial score (nSPS) is 21.3. The van der Waals surface area contributed by atoms with E-state index in [2.05, 4.69) is 5.32 Å². The maximum absolute atomic E-state index is 11.8. The van der Waals surface area contributed by atoms with Crippen molar-refractivity contribution in [1.29, 1.82) is 0 Å². The lowest BCUT2D eigenvalue weighted by atomic mass is 10.0. The molecule has 2 rings (SSSR count). The Kier molecular flexibility index (Phi) is 5.78. The number of ether oxygens (including phenoxy) is 2. The summed E-state index contributed by atoms with van der Waals surface area (Å²) in [5.74, 6) is -1.23. The van der Waals surface area contributed by atoms with E-state index in [0.717, 1.165) is 0 Å². The predicted octanol–water partition coefficient (Wildman–Crippen LogP) is 0.114. The first-order valence-electron chi connectivity index (χ1n) is 7.57. The van der Waals surface area contributed by atoms with Crippen LogP contribution in [0.25, 0.3) is 0 Å². The highest BCUT2D eigenvalue weighted by atomic mass is 32.2. The molecule has 25 heavy (non-hydrogen) atoms. The number of aldehydes is 1. The van der Waals surface area contributed by atoms with Crippen molar-refractivity contribution in [2.45, 2.75) is 18.9 Å². The first-order valence-corrected chi connectivity index (χ1v) is 9.39. The van der Waals surface area contributed by atoms with Gasteiger partial charge in [-0.25, -0.2) is 13.2 Å². The van der Waals surface area contributed by atoms with Gasteiger partial charge in [0, 0.05) is 0 Å². The highest BCUT2D eigenvalue weighted by Gasteiger charge is 2.39. The van der Waals surface area contributed by atoms with Crippen LogP contribution in [0.1, 0.15) is 23.7 Å². The summed E-state index contributed by atoms with van der Waals surface area (Å²) in [4.78, 5) is 34.3. The van der Waals surface area contributed by atoms with E-state index in [1.54, 1.807) is 19.1 Å². The number of benzene rings is 1. The maximum atomic E-state index is 11.8. The molecule has 1 aliphatic heterocycles. The Morgan fingerprint density at radius 1 is 1.28 bits per heavy atom. The molecule has 1 aromatic carbocycles. The molecule has 1 heterocycles. The van der Waals surface area contributed by atoms with E-state index in [1.165, 1.54) is 12.1 Å². The quantitative estimate of drug-likeness (QED) is 0.536. The number of amides is 1. The molecule has 9 heteroatoms. The Hall–Kier alpha value is -2.42. The third kappa shape index (κ3) is 5.56. The van der Waals surface area contributed by atoms with Crippen LogP contribution in [0, 0.1) is 0 Å². The van der Waals surface area contributed by atoms with Crippen molar-refractivity contribution in [1.82, 2.24) is 5.32 Å². The van der Waals surface area contributed by atoms with Crippen LogP contribution in [0.2, 0.25) is 0 Å². The molecular weight excluding hydrogens is 350 g/mol. The lowest BCUT2D eigenvalue weighted by molar-refractivity contribution is -0.150. The summed E-state index contributed by atoms with van der Waals surface area (Å²) in [6.07, 6.45) is 0.922. The van der Waals surface area contributed by atoms with E-state index < -0.39 is 40.5 Å². The van der Waals surface area contributed by atoms with Crippen LogP contribution in [-0.2, 0) is 24.2 Å². The third-order valence-electron chi connectivity index (χ3n) is 3.70. The van der Waals surface area contributed by atoms with Crippen molar-refractivity contribution in [2.75, 3.05) is 24.7 Å². The molecule has 1 saturated heterocycles. The van der Waals surface area contributed by atoms with E-state index in [-0.39, 0.29) is 17.3 Å². The second-order valence-electron chi connectivity index (χ2n) is 6.06. The van der Waals surface area contributed by atoms with Crippen molar-refractivity contribution in [2.24, 2.45) is 0 Å². The van der Waals surface area contributed by atoms with Gasteiger partial charge in [0.25, 0.3) is 5.91 Å². The number of esters is 1. The number of carbonyl (C=O) groups is 3. The molecule has 1 amide bonds. The molecule has 8 nitrogen and oxygen atoms in total. The van der Waals surface area contributed by atoms with Gasteiger partial charge in [-0.05, 0) is 25.5 Å². The molecule has 1 aromatic rings. The molecule has 0 aromatic heterocycles. The molecule has 1 aliphatic rings. The molecule has 0 unspecified atom stereocenters. The smallest absolute Gasteiger partial charge is 0.344 e. The Bertz CT molecular complexity index is 774. The van der Waals surface area contributed by atoms with Gasteiger partial charge in [0.2, 0.25) is 0 Å². The topological polar surface area (TPSA) is 116 Å². The molecule has 0 aliphatic carbocycles. The van der Waals surface area contributed by atoms with E-state index >= 15 is 0 Å². The minimum atomic E-state index is -3.15.